The van der Waals surface area contributed by atoms with Gasteiger partial charge in [-0.3, -0.25) is 4.79 Å². The second kappa shape index (κ2) is 10.5. The molecule has 23 heavy (non-hydrogen) atoms. The number of thiophene rings is 1. The molecule has 1 heterocycles. The van der Waals surface area contributed by atoms with Crippen molar-refractivity contribution in [1.82, 2.24) is 0 Å². The summed E-state index contributed by atoms with van der Waals surface area (Å²) in [4.78, 5) is 24.6. The minimum atomic E-state index is -0.300. The van der Waals surface area contributed by atoms with E-state index in [0.29, 0.717) is 22.9 Å². The van der Waals surface area contributed by atoms with Gasteiger partial charge in [0.1, 0.15) is 0 Å². The molecule has 1 aliphatic carbocycles. The molecule has 0 unspecified atom stereocenters. The second-order valence-electron chi connectivity index (χ2n) is 5.12. The van der Waals surface area contributed by atoms with E-state index in [1.165, 1.54) is 17.9 Å². The monoisotopic (exact) mass is 496 g/mol. The summed E-state index contributed by atoms with van der Waals surface area (Å²) in [7, 11) is 0. The molecule has 0 radical (unpaired) electrons. The molecule has 2 rings (SSSR count). The van der Waals surface area contributed by atoms with Gasteiger partial charge < -0.3 is 10.1 Å². The molecule has 0 saturated heterocycles. The van der Waals surface area contributed by atoms with Crippen LogP contribution in [0.4, 0.5) is 5.00 Å². The van der Waals surface area contributed by atoms with E-state index in [2.05, 4.69) is 18.1 Å². The van der Waals surface area contributed by atoms with Crippen LogP contribution in [0.1, 0.15) is 54.4 Å². The van der Waals surface area contributed by atoms with Gasteiger partial charge in [-0.25, -0.2) is 4.79 Å². The van der Waals surface area contributed by atoms with E-state index in [-0.39, 0.29) is 11.8 Å². The third kappa shape index (κ3) is 5.89. The van der Waals surface area contributed by atoms with Crippen molar-refractivity contribution in [3.8, 4) is 0 Å². The second-order valence-corrected chi connectivity index (χ2v) is 6.20. The summed E-state index contributed by atoms with van der Waals surface area (Å²) in [6.07, 6.45) is 5.63. The number of halogens is 1. The molecule has 0 aliphatic heterocycles. The van der Waals surface area contributed by atoms with E-state index in [4.69, 9.17) is 4.74 Å². The Morgan fingerprint density at radius 2 is 1.96 bits per heavy atom. The number of fused-ring (bicyclic) bond motifs is 1. The Morgan fingerprint density at radius 3 is 2.57 bits per heavy atom. The van der Waals surface area contributed by atoms with Gasteiger partial charge in [0.15, 0.2) is 5.78 Å². The summed E-state index contributed by atoms with van der Waals surface area (Å²) in [6.45, 7) is 5.42. The first kappa shape index (κ1) is 20.7. The van der Waals surface area contributed by atoms with Crippen LogP contribution in [0.5, 0.6) is 0 Å². The van der Waals surface area contributed by atoms with E-state index < -0.39 is 0 Å². The van der Waals surface area contributed by atoms with Crippen LogP contribution in [-0.2, 0) is 35.1 Å². The molecule has 1 aromatic heterocycles. The van der Waals surface area contributed by atoms with Crippen LogP contribution in [0.2, 0.25) is 0 Å². The first-order valence-electron chi connectivity index (χ1n) is 7.36. The first-order valence-corrected chi connectivity index (χ1v) is 11.2. The Labute approximate surface area is 161 Å². The molecule has 0 amide bonds. The molecule has 1 aromatic rings. The third-order valence-corrected chi connectivity index (χ3v) is 4.51. The molecule has 0 fully saturated rings. The molecule has 7 heteroatoms. The average molecular weight is 497 g/mol. The molecule has 1 aliphatic rings. The van der Waals surface area contributed by atoms with Crippen molar-refractivity contribution in [3.63, 3.8) is 0 Å². The number of hydrogen-bond donors (Lipinski definition) is 0. The molecular weight excluding hydrogens is 477 g/mol. The van der Waals surface area contributed by atoms with Gasteiger partial charge in [-0.2, -0.15) is 17.0 Å². The topological polar surface area (TPSA) is 57.5 Å². The van der Waals surface area contributed by atoms with E-state index in [9.17, 15) is 9.59 Å². The summed E-state index contributed by atoms with van der Waals surface area (Å²) >= 11 is 7.42. The maximum atomic E-state index is 12.2. The molecule has 0 spiro atoms. The fourth-order valence-electron chi connectivity index (χ4n) is 2.53. The summed E-state index contributed by atoms with van der Waals surface area (Å²) in [5, 5.41) is 5.14. The zero-order chi connectivity index (χ0) is 17.4. The predicted molar refractivity (Wildman–Crippen MR) is 98.4 cm³/mol. The number of ketones is 1. The molecule has 4 nitrogen and oxygen atoms in total. The van der Waals surface area contributed by atoms with Gasteiger partial charge in [0.2, 0.25) is 0 Å². The summed E-state index contributed by atoms with van der Waals surface area (Å²) < 4.78 is 5.18. The number of carbonyl (C=O) groups excluding carboxylic acids is 2. The fourth-order valence-corrected chi connectivity index (χ4v) is 3.84. The van der Waals surface area contributed by atoms with Gasteiger partial charge in [-0.05, 0) is 51.2 Å². The van der Waals surface area contributed by atoms with Gasteiger partial charge >= 0.3 is 39.1 Å². The molecule has 0 N–H and O–H groups in total. The zero-order valence-corrected chi connectivity index (χ0v) is 17.3. The van der Waals surface area contributed by atoms with E-state index in [0.717, 1.165) is 31.2 Å². The third-order valence-electron chi connectivity index (χ3n) is 3.32. The number of hydrogen-bond acceptors (Lipinski definition) is 4. The SMILES string of the molecule is CCOC(=O)c1c([N-]/C(C)=C\C(C)=O)sc2c1CCCC2.[Cu+][I]. The van der Waals surface area contributed by atoms with E-state index >= 15 is 0 Å². The number of aryl methyl sites for hydroxylation is 1. The molecular formula is C16H20CuINO3S. The average Bonchev–Trinajstić information content (AvgIpc) is 2.86. The van der Waals surface area contributed by atoms with E-state index in [1.54, 1.807) is 45.5 Å². The predicted octanol–water partition coefficient (Wildman–Crippen LogP) is 5.18. The van der Waals surface area contributed by atoms with Crippen LogP contribution in [0.3, 0.4) is 0 Å². The van der Waals surface area contributed by atoms with Crippen molar-refractivity contribution in [3.05, 3.63) is 33.1 Å². The number of rotatable bonds is 5. The maximum absolute atomic E-state index is 12.2. The van der Waals surface area contributed by atoms with Crippen LogP contribution in [0.25, 0.3) is 5.32 Å². The molecule has 0 bridgehead atoms. The Hall–Kier alpha value is -0.371. The number of nitrogens with zero attached hydrogens (tertiary/aromatic N) is 1. The quantitative estimate of drug-likeness (QED) is 0.244. The van der Waals surface area contributed by atoms with Gasteiger partial charge in [0, 0.05) is 4.88 Å². The number of esters is 1. The van der Waals surface area contributed by atoms with E-state index in [1.807, 2.05) is 0 Å². The number of ether oxygens (including phenoxy) is 1. The van der Waals surface area contributed by atoms with Crippen LogP contribution in [0, 0.1) is 0 Å². The summed E-state index contributed by atoms with van der Waals surface area (Å²) in [5.74, 6) is -0.346. The normalized spacial score (nSPS) is 13.6. The van der Waals surface area contributed by atoms with Crippen molar-refractivity contribution < 1.29 is 27.1 Å². The van der Waals surface area contributed by atoms with Crippen LogP contribution in [-0.4, -0.2) is 18.4 Å². The van der Waals surface area contributed by atoms with Crippen molar-refractivity contribution in [2.75, 3.05) is 6.61 Å². The summed E-state index contributed by atoms with van der Waals surface area (Å²) in [5.41, 5.74) is 2.32. The minimum absolute atomic E-state index is 0.0461. The van der Waals surface area contributed by atoms with Gasteiger partial charge in [0.25, 0.3) is 0 Å². The number of carbonyl (C=O) groups is 2. The fraction of sp³-hybridized carbons (Fsp3) is 0.500. The zero-order valence-electron chi connectivity index (χ0n) is 13.4. The Morgan fingerprint density at radius 1 is 1.30 bits per heavy atom. The van der Waals surface area contributed by atoms with Gasteiger partial charge in [-0.15, -0.1) is 0 Å². The molecule has 0 atom stereocenters. The summed E-state index contributed by atoms with van der Waals surface area (Å²) in [6, 6.07) is 0. The van der Waals surface area contributed by atoms with Gasteiger partial charge in [-0.1, -0.05) is 11.9 Å². The Bertz CT molecular complexity index is 598. The standard InChI is InChI=1S/C16H21NO3S.Cu.HI/c1-4-20-16(19)14-12-7-5-6-8-13(12)21-15(14)17-10(2)9-11(3)18;;/h9H,4-8H2,1-3H3,(H,17,18,19);;1H/q;+2;/p-2. The van der Waals surface area contributed by atoms with Crippen molar-refractivity contribution >= 4 is 48.4 Å². The Kier molecular flexibility index (Phi) is 9.42. The van der Waals surface area contributed by atoms with Crippen LogP contribution < -0.4 is 0 Å². The van der Waals surface area contributed by atoms with Crippen molar-refractivity contribution in [1.29, 1.82) is 0 Å². The van der Waals surface area contributed by atoms with Crippen molar-refractivity contribution in [2.45, 2.75) is 46.5 Å². The first-order chi connectivity index (χ1) is 11.0. The van der Waals surface area contributed by atoms with Gasteiger partial charge in [0.05, 0.1) is 12.2 Å². The molecule has 0 saturated carbocycles. The number of allylic oxidation sites excluding steroid dienone is 2. The van der Waals surface area contributed by atoms with Crippen LogP contribution >= 0.6 is 31.7 Å². The van der Waals surface area contributed by atoms with Crippen molar-refractivity contribution in [2.24, 2.45) is 0 Å². The van der Waals surface area contributed by atoms with Crippen LogP contribution in [0.15, 0.2) is 11.8 Å². The molecule has 0 aromatic carbocycles. The molecule has 131 valence electrons. The Balaban J connectivity index is 0.00000127.